The SMILES string of the molecule is O=C(COC(=O)CCc1nc(-c2ccccc2)no1)NCc1ccccc1F. The summed E-state index contributed by atoms with van der Waals surface area (Å²) in [5.74, 6) is -0.744. The lowest BCUT2D eigenvalue weighted by molar-refractivity contribution is -0.148. The molecule has 1 amide bonds. The molecule has 1 N–H and O–H groups in total. The minimum atomic E-state index is -0.569. The van der Waals surface area contributed by atoms with Crippen molar-refractivity contribution in [2.75, 3.05) is 6.61 Å². The number of ether oxygens (including phenoxy) is 1. The normalized spacial score (nSPS) is 10.5. The number of hydrogen-bond acceptors (Lipinski definition) is 6. The zero-order valence-corrected chi connectivity index (χ0v) is 14.9. The van der Waals surface area contributed by atoms with Gasteiger partial charge in [-0.2, -0.15) is 4.98 Å². The molecule has 2 aromatic carbocycles. The van der Waals surface area contributed by atoms with Gasteiger partial charge in [-0.1, -0.05) is 53.7 Å². The molecule has 3 rings (SSSR count). The predicted molar refractivity (Wildman–Crippen MR) is 97.3 cm³/mol. The summed E-state index contributed by atoms with van der Waals surface area (Å²) in [4.78, 5) is 27.7. The van der Waals surface area contributed by atoms with Crippen molar-refractivity contribution in [2.24, 2.45) is 0 Å². The largest absolute Gasteiger partial charge is 0.456 e. The van der Waals surface area contributed by atoms with Gasteiger partial charge in [0.1, 0.15) is 5.82 Å². The van der Waals surface area contributed by atoms with Crippen molar-refractivity contribution in [3.8, 4) is 11.4 Å². The maximum absolute atomic E-state index is 13.5. The van der Waals surface area contributed by atoms with Crippen LogP contribution in [0.3, 0.4) is 0 Å². The average molecular weight is 383 g/mol. The van der Waals surface area contributed by atoms with Crippen LogP contribution < -0.4 is 5.32 Å². The third kappa shape index (κ3) is 5.47. The highest BCUT2D eigenvalue weighted by Crippen LogP contribution is 2.15. The number of nitrogens with zero attached hydrogens (tertiary/aromatic N) is 2. The number of halogens is 1. The van der Waals surface area contributed by atoms with E-state index in [1.807, 2.05) is 30.3 Å². The van der Waals surface area contributed by atoms with E-state index in [-0.39, 0.29) is 19.4 Å². The zero-order chi connectivity index (χ0) is 19.8. The number of amides is 1. The molecule has 0 aliphatic rings. The van der Waals surface area contributed by atoms with Crippen LogP contribution in [0, 0.1) is 5.82 Å². The van der Waals surface area contributed by atoms with Gasteiger partial charge in [0.25, 0.3) is 5.91 Å². The lowest BCUT2D eigenvalue weighted by Gasteiger charge is -2.07. The molecule has 0 spiro atoms. The van der Waals surface area contributed by atoms with E-state index in [0.717, 1.165) is 5.56 Å². The number of nitrogens with one attached hydrogen (secondary N) is 1. The predicted octanol–water partition coefficient (Wildman–Crippen LogP) is 2.67. The van der Waals surface area contributed by atoms with Crippen LogP contribution in [0.15, 0.2) is 59.1 Å². The summed E-state index contributed by atoms with van der Waals surface area (Å²) < 4.78 is 23.5. The third-order valence-electron chi connectivity index (χ3n) is 3.84. The number of rotatable bonds is 8. The van der Waals surface area contributed by atoms with E-state index < -0.39 is 24.3 Å². The maximum atomic E-state index is 13.5. The van der Waals surface area contributed by atoms with Crippen molar-refractivity contribution < 1.29 is 23.2 Å². The first kappa shape index (κ1) is 19.2. The van der Waals surface area contributed by atoms with Crippen molar-refractivity contribution in [3.05, 3.63) is 71.9 Å². The molecule has 3 aromatic rings. The van der Waals surface area contributed by atoms with Crippen LogP contribution in [-0.4, -0.2) is 28.6 Å². The van der Waals surface area contributed by atoms with Gasteiger partial charge in [0.2, 0.25) is 11.7 Å². The fourth-order valence-electron chi connectivity index (χ4n) is 2.37. The Morgan fingerprint density at radius 3 is 2.61 bits per heavy atom. The van der Waals surface area contributed by atoms with E-state index in [9.17, 15) is 14.0 Å². The Kier molecular flexibility index (Phi) is 6.46. The molecule has 1 aromatic heterocycles. The van der Waals surface area contributed by atoms with Crippen molar-refractivity contribution in [1.82, 2.24) is 15.5 Å². The summed E-state index contributed by atoms with van der Waals surface area (Å²) in [6.07, 6.45) is 0.201. The second-order valence-corrected chi connectivity index (χ2v) is 5.91. The Bertz CT molecular complexity index is 943. The van der Waals surface area contributed by atoms with Crippen molar-refractivity contribution >= 4 is 11.9 Å². The number of hydrogen-bond donors (Lipinski definition) is 1. The molecule has 0 saturated heterocycles. The average Bonchev–Trinajstić information content (AvgIpc) is 3.20. The summed E-state index contributed by atoms with van der Waals surface area (Å²) in [6, 6.07) is 15.4. The van der Waals surface area contributed by atoms with Crippen molar-refractivity contribution in [1.29, 1.82) is 0 Å². The van der Waals surface area contributed by atoms with E-state index in [1.165, 1.54) is 6.07 Å². The molecule has 28 heavy (non-hydrogen) atoms. The second-order valence-electron chi connectivity index (χ2n) is 5.91. The second kappa shape index (κ2) is 9.40. The summed E-state index contributed by atoms with van der Waals surface area (Å²) in [6.45, 7) is -0.417. The van der Waals surface area contributed by atoms with Gasteiger partial charge in [-0.3, -0.25) is 9.59 Å². The topological polar surface area (TPSA) is 94.3 Å². The lowest BCUT2D eigenvalue weighted by atomic mass is 10.2. The molecule has 7 nitrogen and oxygen atoms in total. The molecular weight excluding hydrogens is 365 g/mol. The molecular formula is C20H18FN3O4. The van der Waals surface area contributed by atoms with E-state index in [0.29, 0.717) is 17.3 Å². The van der Waals surface area contributed by atoms with Gasteiger partial charge < -0.3 is 14.6 Å². The first-order valence-electron chi connectivity index (χ1n) is 8.65. The van der Waals surface area contributed by atoms with Crippen LogP contribution in [0.1, 0.15) is 17.9 Å². The molecule has 1 heterocycles. The molecule has 0 aliphatic heterocycles. The number of esters is 1. The van der Waals surface area contributed by atoms with Crippen molar-refractivity contribution in [3.63, 3.8) is 0 Å². The molecule has 0 atom stereocenters. The van der Waals surface area contributed by atoms with Crippen LogP contribution in [0.4, 0.5) is 4.39 Å². The first-order chi connectivity index (χ1) is 13.6. The van der Waals surface area contributed by atoms with Crippen LogP contribution in [0.2, 0.25) is 0 Å². The minimum absolute atomic E-state index is 0.00296. The molecule has 0 radical (unpaired) electrons. The van der Waals surface area contributed by atoms with Crippen molar-refractivity contribution in [2.45, 2.75) is 19.4 Å². The van der Waals surface area contributed by atoms with Crippen LogP contribution in [0.5, 0.6) is 0 Å². The molecule has 8 heteroatoms. The molecule has 0 aliphatic carbocycles. The zero-order valence-electron chi connectivity index (χ0n) is 14.9. The maximum Gasteiger partial charge on any atom is 0.306 e. The Balaban J connectivity index is 1.38. The van der Waals surface area contributed by atoms with E-state index in [4.69, 9.17) is 9.26 Å². The smallest absolute Gasteiger partial charge is 0.306 e. The van der Waals surface area contributed by atoms with Gasteiger partial charge in [-0.15, -0.1) is 0 Å². The van der Waals surface area contributed by atoms with Gasteiger partial charge in [-0.25, -0.2) is 4.39 Å². The van der Waals surface area contributed by atoms with Gasteiger partial charge in [0.15, 0.2) is 6.61 Å². The van der Waals surface area contributed by atoms with E-state index in [1.54, 1.807) is 18.2 Å². The van der Waals surface area contributed by atoms with E-state index >= 15 is 0 Å². The number of carbonyl (C=O) groups excluding carboxylic acids is 2. The standard InChI is InChI=1S/C20H18FN3O4/c21-16-9-5-4-8-15(16)12-22-17(25)13-27-19(26)11-10-18-23-20(24-28-18)14-6-2-1-3-7-14/h1-9H,10-13H2,(H,22,25). The monoisotopic (exact) mass is 383 g/mol. The fraction of sp³-hybridized carbons (Fsp3) is 0.200. The summed E-state index contributed by atoms with van der Waals surface area (Å²) in [7, 11) is 0. The number of aromatic nitrogens is 2. The first-order valence-corrected chi connectivity index (χ1v) is 8.65. The van der Waals surface area contributed by atoms with E-state index in [2.05, 4.69) is 15.5 Å². The highest BCUT2D eigenvalue weighted by atomic mass is 19.1. The Morgan fingerprint density at radius 1 is 1.07 bits per heavy atom. The number of aryl methyl sites for hydroxylation is 1. The van der Waals surface area contributed by atoms with Crippen LogP contribution >= 0.6 is 0 Å². The van der Waals surface area contributed by atoms with Gasteiger partial charge in [0, 0.05) is 24.1 Å². The van der Waals surface area contributed by atoms with Gasteiger partial charge >= 0.3 is 5.97 Å². The molecule has 0 unspecified atom stereocenters. The Labute approximate surface area is 160 Å². The lowest BCUT2D eigenvalue weighted by Crippen LogP contribution is -2.28. The van der Waals surface area contributed by atoms with Crippen LogP contribution in [0.25, 0.3) is 11.4 Å². The number of carbonyl (C=O) groups is 2. The summed E-state index contributed by atoms with van der Waals surface area (Å²) in [5, 5.41) is 6.36. The van der Waals surface area contributed by atoms with Gasteiger partial charge in [-0.05, 0) is 6.07 Å². The highest BCUT2D eigenvalue weighted by Gasteiger charge is 2.13. The summed E-state index contributed by atoms with van der Waals surface area (Å²) in [5.41, 5.74) is 1.17. The number of benzene rings is 2. The summed E-state index contributed by atoms with van der Waals surface area (Å²) >= 11 is 0. The Morgan fingerprint density at radius 2 is 1.82 bits per heavy atom. The third-order valence-corrected chi connectivity index (χ3v) is 3.84. The molecule has 144 valence electrons. The molecule has 0 saturated carbocycles. The molecule has 0 fully saturated rings. The Hall–Kier alpha value is -3.55. The van der Waals surface area contributed by atoms with Crippen LogP contribution in [-0.2, 0) is 27.3 Å². The van der Waals surface area contributed by atoms with Gasteiger partial charge in [0.05, 0.1) is 6.42 Å². The quantitative estimate of drug-likeness (QED) is 0.601. The molecule has 0 bridgehead atoms. The fourth-order valence-corrected chi connectivity index (χ4v) is 2.37. The highest BCUT2D eigenvalue weighted by molar-refractivity contribution is 5.80. The minimum Gasteiger partial charge on any atom is -0.456 e.